The molecule has 0 aromatic heterocycles. The highest BCUT2D eigenvalue weighted by molar-refractivity contribution is 5.76. The zero-order chi connectivity index (χ0) is 22.4. The third-order valence-electron chi connectivity index (χ3n) is 5.72. The number of hydrogen-bond donors (Lipinski definition) is 1. The van der Waals surface area contributed by atoms with Gasteiger partial charge in [0, 0.05) is 6.54 Å². The van der Waals surface area contributed by atoms with Crippen molar-refractivity contribution in [2.75, 3.05) is 40.3 Å². The van der Waals surface area contributed by atoms with Crippen LogP contribution in [0.5, 0.6) is 5.75 Å². The Hall–Kier alpha value is -1.55. The van der Waals surface area contributed by atoms with Crippen molar-refractivity contribution in [1.29, 1.82) is 0 Å². The summed E-state index contributed by atoms with van der Waals surface area (Å²) in [4.78, 5) is 12.2. The maximum atomic E-state index is 12.2. The summed E-state index contributed by atoms with van der Waals surface area (Å²) in [6.07, 6.45) is 9.45. The first-order valence-electron chi connectivity index (χ1n) is 12.1. The average Bonchev–Trinajstić information content (AvgIpc) is 2.67. The van der Waals surface area contributed by atoms with E-state index < -0.39 is 0 Å². The van der Waals surface area contributed by atoms with Gasteiger partial charge in [-0.05, 0) is 55.7 Å². The molecule has 0 bridgehead atoms. The summed E-state index contributed by atoms with van der Waals surface area (Å²) in [5.74, 6) is 1.72. The molecule has 4 heteroatoms. The second kappa shape index (κ2) is 14.5. The monoisotopic (exact) mass is 419 g/mol. The third-order valence-corrected chi connectivity index (χ3v) is 5.72. The number of amides is 1. The van der Waals surface area contributed by atoms with Gasteiger partial charge in [-0.25, -0.2) is 0 Å². The smallest absolute Gasteiger partial charge is 0.275 e. The molecule has 0 saturated heterocycles. The minimum Gasteiger partial charge on any atom is -0.493 e. The van der Waals surface area contributed by atoms with Crippen molar-refractivity contribution in [3.05, 3.63) is 29.3 Å². The average molecular weight is 420 g/mol. The summed E-state index contributed by atoms with van der Waals surface area (Å²) in [6.45, 7) is 11.9. The van der Waals surface area contributed by atoms with E-state index >= 15 is 0 Å². The molecule has 0 radical (unpaired) electrons. The number of ether oxygens (including phenoxy) is 1. The number of likely N-dealkylation sites (N-methyl/N-ethyl adjacent to an activating group) is 1. The van der Waals surface area contributed by atoms with E-state index in [1.54, 1.807) is 0 Å². The van der Waals surface area contributed by atoms with E-state index in [-0.39, 0.29) is 5.91 Å². The molecule has 0 spiro atoms. The van der Waals surface area contributed by atoms with Crippen LogP contribution in [0.4, 0.5) is 0 Å². The summed E-state index contributed by atoms with van der Waals surface area (Å²) in [5.41, 5.74) is 2.53. The number of unbranched alkanes of at least 4 members (excludes halogenated alkanes) is 6. The number of aryl methyl sites for hydroxylation is 1. The van der Waals surface area contributed by atoms with Gasteiger partial charge in [-0.15, -0.1) is 0 Å². The molecular weight excluding hydrogens is 372 g/mol. The molecule has 172 valence electrons. The van der Waals surface area contributed by atoms with Crippen LogP contribution in [-0.2, 0) is 4.79 Å². The molecule has 1 amide bonds. The van der Waals surface area contributed by atoms with Gasteiger partial charge in [0.15, 0.2) is 6.54 Å². The van der Waals surface area contributed by atoms with Crippen LogP contribution in [0.3, 0.4) is 0 Å². The third kappa shape index (κ3) is 11.6. The lowest BCUT2D eigenvalue weighted by Gasteiger charge is -2.29. The molecule has 1 N–H and O–H groups in total. The van der Waals surface area contributed by atoms with Crippen LogP contribution >= 0.6 is 0 Å². The van der Waals surface area contributed by atoms with Crippen molar-refractivity contribution >= 4 is 5.91 Å². The van der Waals surface area contributed by atoms with E-state index in [4.69, 9.17) is 4.74 Å². The van der Waals surface area contributed by atoms with Crippen LogP contribution in [0, 0.1) is 6.92 Å². The summed E-state index contributed by atoms with van der Waals surface area (Å²) in [7, 11) is 4.30. The van der Waals surface area contributed by atoms with E-state index in [0.29, 0.717) is 12.5 Å². The number of rotatable bonds is 16. The predicted octanol–water partition coefficient (Wildman–Crippen LogP) is 5.83. The predicted molar refractivity (Wildman–Crippen MR) is 128 cm³/mol. The molecule has 0 unspecified atom stereocenters. The highest BCUT2D eigenvalue weighted by Crippen LogP contribution is 2.24. The number of nitrogens with zero attached hydrogens (tertiary/aromatic N) is 1. The fourth-order valence-corrected chi connectivity index (χ4v) is 3.61. The van der Waals surface area contributed by atoms with Crippen LogP contribution < -0.4 is 10.1 Å². The van der Waals surface area contributed by atoms with Gasteiger partial charge in [-0.3, -0.25) is 4.79 Å². The SMILES string of the molecule is CCCCCCCNC(=O)C[N+](C)(C)CCCCCOc1cc(C(C)C)ccc1C. The number of carbonyl (C=O) groups excluding carboxylic acids is 1. The molecule has 0 atom stereocenters. The maximum absolute atomic E-state index is 12.2. The second-order valence-corrected chi connectivity index (χ2v) is 9.67. The van der Waals surface area contributed by atoms with E-state index in [2.05, 4.69) is 65.3 Å². The van der Waals surface area contributed by atoms with Crippen LogP contribution in [-0.4, -0.2) is 50.7 Å². The highest BCUT2D eigenvalue weighted by Gasteiger charge is 2.19. The molecule has 0 aliphatic carbocycles. The van der Waals surface area contributed by atoms with Gasteiger partial charge < -0.3 is 14.5 Å². The van der Waals surface area contributed by atoms with Crippen molar-refractivity contribution in [2.24, 2.45) is 0 Å². The molecule has 0 heterocycles. The minimum absolute atomic E-state index is 0.180. The fourth-order valence-electron chi connectivity index (χ4n) is 3.61. The lowest BCUT2D eigenvalue weighted by atomic mass is 10.0. The molecule has 4 nitrogen and oxygen atoms in total. The minimum atomic E-state index is 0.180. The molecule has 1 aromatic rings. The summed E-state index contributed by atoms with van der Waals surface area (Å²) in [6, 6.07) is 6.53. The number of carbonyl (C=O) groups is 1. The summed E-state index contributed by atoms with van der Waals surface area (Å²) in [5, 5.41) is 3.09. The topological polar surface area (TPSA) is 38.3 Å². The number of nitrogens with one attached hydrogen (secondary N) is 1. The Balaban J connectivity index is 2.17. The van der Waals surface area contributed by atoms with Crippen molar-refractivity contribution in [1.82, 2.24) is 5.32 Å². The molecule has 0 saturated carbocycles. The Morgan fingerprint density at radius 3 is 2.43 bits per heavy atom. The van der Waals surface area contributed by atoms with Gasteiger partial charge in [0.1, 0.15) is 5.75 Å². The van der Waals surface area contributed by atoms with Gasteiger partial charge >= 0.3 is 0 Å². The summed E-state index contributed by atoms with van der Waals surface area (Å²) < 4.78 is 6.78. The first kappa shape index (κ1) is 26.5. The van der Waals surface area contributed by atoms with E-state index in [1.807, 2.05) is 0 Å². The molecular formula is C26H47N2O2+. The van der Waals surface area contributed by atoms with Gasteiger partial charge in [0.2, 0.25) is 0 Å². The fraction of sp³-hybridized carbons (Fsp3) is 0.731. The Bertz CT molecular complexity index is 611. The Morgan fingerprint density at radius 1 is 1.03 bits per heavy atom. The normalized spacial score (nSPS) is 11.7. The lowest BCUT2D eigenvalue weighted by Crippen LogP contribution is -2.48. The molecule has 0 aliphatic rings. The zero-order valence-electron chi connectivity index (χ0n) is 20.6. The standard InChI is InChI=1S/C26H46N2O2/c1-7-8-9-10-12-17-27-26(29)21-28(5,6)18-13-11-14-19-30-25-20-24(22(2)3)16-15-23(25)4/h15-16,20,22H,7-14,17-19,21H2,1-6H3/p+1. The Labute approximate surface area is 186 Å². The van der Waals surface area contributed by atoms with Crippen molar-refractivity contribution in [3.8, 4) is 5.75 Å². The van der Waals surface area contributed by atoms with Gasteiger partial charge in [-0.1, -0.05) is 58.6 Å². The van der Waals surface area contributed by atoms with E-state index in [9.17, 15) is 4.79 Å². The van der Waals surface area contributed by atoms with E-state index in [0.717, 1.165) is 55.6 Å². The second-order valence-electron chi connectivity index (χ2n) is 9.67. The first-order valence-corrected chi connectivity index (χ1v) is 12.1. The molecule has 0 aliphatic heterocycles. The molecule has 30 heavy (non-hydrogen) atoms. The molecule has 1 rings (SSSR count). The van der Waals surface area contributed by atoms with Crippen LogP contribution in [0.1, 0.15) is 89.2 Å². The van der Waals surface area contributed by atoms with Crippen molar-refractivity contribution < 1.29 is 14.0 Å². The van der Waals surface area contributed by atoms with E-state index in [1.165, 1.54) is 36.8 Å². The van der Waals surface area contributed by atoms with Gasteiger partial charge in [-0.2, -0.15) is 0 Å². The summed E-state index contributed by atoms with van der Waals surface area (Å²) >= 11 is 0. The number of benzene rings is 1. The number of quaternary nitrogens is 1. The molecule has 1 aromatic carbocycles. The Morgan fingerprint density at radius 2 is 1.73 bits per heavy atom. The van der Waals surface area contributed by atoms with Crippen LogP contribution in [0.25, 0.3) is 0 Å². The van der Waals surface area contributed by atoms with Gasteiger partial charge in [0.05, 0.1) is 27.2 Å². The Kier molecular flexibility index (Phi) is 12.8. The zero-order valence-corrected chi connectivity index (χ0v) is 20.6. The maximum Gasteiger partial charge on any atom is 0.275 e. The highest BCUT2D eigenvalue weighted by atomic mass is 16.5. The first-order chi connectivity index (χ1) is 14.2. The van der Waals surface area contributed by atoms with Gasteiger partial charge in [0.25, 0.3) is 5.91 Å². The van der Waals surface area contributed by atoms with Crippen molar-refractivity contribution in [2.45, 2.75) is 85.0 Å². The number of hydrogen-bond acceptors (Lipinski definition) is 2. The largest absolute Gasteiger partial charge is 0.493 e. The quantitative estimate of drug-likeness (QED) is 0.270. The van der Waals surface area contributed by atoms with Crippen molar-refractivity contribution in [3.63, 3.8) is 0 Å². The van der Waals surface area contributed by atoms with Crippen LogP contribution in [0.15, 0.2) is 18.2 Å². The molecule has 0 fully saturated rings. The lowest BCUT2D eigenvalue weighted by molar-refractivity contribution is -0.882. The van der Waals surface area contributed by atoms with Crippen LogP contribution in [0.2, 0.25) is 0 Å².